The first kappa shape index (κ1) is 23.4. The van der Waals surface area contributed by atoms with Crippen molar-refractivity contribution in [2.75, 3.05) is 31.5 Å². The molecule has 2 aromatic heterocycles. The van der Waals surface area contributed by atoms with Crippen molar-refractivity contribution in [1.29, 1.82) is 0 Å². The minimum atomic E-state index is -0.606. The minimum absolute atomic E-state index is 0.0268. The van der Waals surface area contributed by atoms with Crippen molar-refractivity contribution >= 4 is 40.1 Å². The van der Waals surface area contributed by atoms with E-state index < -0.39 is 6.10 Å². The first-order valence-electron chi connectivity index (χ1n) is 12.0. The number of aromatic nitrogens is 2. The van der Waals surface area contributed by atoms with Crippen LogP contribution in [0.1, 0.15) is 16.1 Å². The predicted octanol–water partition coefficient (Wildman–Crippen LogP) is 4.01. The molecule has 0 bridgehead atoms. The number of pyridine rings is 1. The summed E-state index contributed by atoms with van der Waals surface area (Å²) in [5, 5.41) is 7.24. The lowest BCUT2D eigenvalue weighted by molar-refractivity contribution is -0.138. The van der Waals surface area contributed by atoms with Gasteiger partial charge in [-0.1, -0.05) is 11.6 Å². The second-order valence-corrected chi connectivity index (χ2v) is 9.53. The third-order valence-corrected chi connectivity index (χ3v) is 6.89. The maximum Gasteiger partial charge on any atom is 0.272 e. The number of fused-ring (bicyclic) bond motifs is 2. The van der Waals surface area contributed by atoms with E-state index in [0.29, 0.717) is 52.7 Å². The summed E-state index contributed by atoms with van der Waals surface area (Å²) in [6.07, 6.45) is 1.48. The highest BCUT2D eigenvalue weighted by Gasteiger charge is 2.35. The van der Waals surface area contributed by atoms with Crippen LogP contribution in [-0.4, -0.2) is 59.0 Å². The highest BCUT2D eigenvalue weighted by Crippen LogP contribution is 2.43. The average molecular weight is 520 g/mol. The number of H-pyrrole nitrogens is 1. The Labute approximate surface area is 216 Å². The number of nitrogens with zero attached hydrogens (tertiary/aromatic N) is 2. The number of halogens is 2. The summed E-state index contributed by atoms with van der Waals surface area (Å²) < 4.78 is 19.5. The number of piperazine rings is 1. The van der Waals surface area contributed by atoms with Crippen molar-refractivity contribution < 1.29 is 18.7 Å². The predicted molar refractivity (Wildman–Crippen MR) is 138 cm³/mol. The Morgan fingerprint density at radius 1 is 1.08 bits per heavy atom. The molecule has 3 N–H and O–H groups in total. The Kier molecular flexibility index (Phi) is 6.02. The van der Waals surface area contributed by atoms with Crippen LogP contribution in [0.4, 0.5) is 10.1 Å². The van der Waals surface area contributed by atoms with Crippen molar-refractivity contribution in [2.45, 2.75) is 12.5 Å². The molecule has 188 valence electrons. The zero-order valence-electron chi connectivity index (χ0n) is 19.7. The van der Waals surface area contributed by atoms with Crippen molar-refractivity contribution in [3.05, 3.63) is 76.8 Å². The number of carbonyl (C=O) groups excluding carboxylic acids is 2. The summed E-state index contributed by atoms with van der Waals surface area (Å²) in [4.78, 5) is 35.3. The van der Waals surface area contributed by atoms with Gasteiger partial charge in [-0.15, -0.1) is 0 Å². The number of hydrogen-bond donors (Lipinski definition) is 3. The number of ether oxygens (including phenoxy) is 1. The maximum absolute atomic E-state index is 13.2. The lowest BCUT2D eigenvalue weighted by Crippen LogP contribution is -2.50. The normalized spacial score (nSPS) is 16.9. The lowest BCUT2D eigenvalue weighted by Gasteiger charge is -2.29. The molecule has 8 nitrogen and oxygen atoms in total. The molecule has 4 heterocycles. The molecule has 0 aliphatic carbocycles. The molecule has 10 heteroatoms. The van der Waals surface area contributed by atoms with Crippen LogP contribution in [-0.2, 0) is 11.2 Å². The topological polar surface area (TPSA) is 99.3 Å². The van der Waals surface area contributed by atoms with Crippen LogP contribution in [0, 0.1) is 5.82 Å². The molecule has 2 amide bonds. The van der Waals surface area contributed by atoms with Gasteiger partial charge < -0.3 is 25.3 Å². The molecule has 0 spiro atoms. The molecule has 6 rings (SSSR count). The van der Waals surface area contributed by atoms with Crippen LogP contribution in [0.2, 0.25) is 5.02 Å². The van der Waals surface area contributed by atoms with Gasteiger partial charge >= 0.3 is 0 Å². The summed E-state index contributed by atoms with van der Waals surface area (Å²) in [5.74, 6) is -0.180. The number of anilines is 1. The fourth-order valence-corrected chi connectivity index (χ4v) is 5.11. The molecule has 0 unspecified atom stereocenters. The fourth-order valence-electron chi connectivity index (χ4n) is 4.87. The lowest BCUT2D eigenvalue weighted by atomic mass is 9.99. The van der Waals surface area contributed by atoms with E-state index in [1.165, 1.54) is 24.3 Å². The molecule has 2 aliphatic heterocycles. The first-order valence-corrected chi connectivity index (χ1v) is 12.4. The number of hydrogen-bond acceptors (Lipinski definition) is 5. The average Bonchev–Trinajstić information content (AvgIpc) is 3.54. The molecule has 1 saturated heterocycles. The van der Waals surface area contributed by atoms with Gasteiger partial charge in [0.05, 0.1) is 0 Å². The van der Waals surface area contributed by atoms with Gasteiger partial charge in [0.25, 0.3) is 11.8 Å². The summed E-state index contributed by atoms with van der Waals surface area (Å²) in [5.41, 5.74) is 3.66. The Morgan fingerprint density at radius 3 is 2.65 bits per heavy atom. The van der Waals surface area contributed by atoms with Crippen LogP contribution in [0.15, 0.2) is 54.7 Å². The van der Waals surface area contributed by atoms with E-state index in [4.69, 9.17) is 16.3 Å². The van der Waals surface area contributed by atoms with Gasteiger partial charge in [0.1, 0.15) is 22.9 Å². The zero-order valence-corrected chi connectivity index (χ0v) is 20.4. The van der Waals surface area contributed by atoms with E-state index in [2.05, 4.69) is 20.6 Å². The number of carbonyl (C=O) groups is 2. The van der Waals surface area contributed by atoms with Crippen molar-refractivity contribution in [1.82, 2.24) is 20.2 Å². The quantitative estimate of drug-likeness (QED) is 0.378. The maximum atomic E-state index is 13.2. The number of rotatable bonds is 4. The summed E-state index contributed by atoms with van der Waals surface area (Å²) >= 11 is 6.49. The largest absolute Gasteiger partial charge is 0.479 e. The van der Waals surface area contributed by atoms with Gasteiger partial charge in [-0.05, 0) is 54.1 Å². The van der Waals surface area contributed by atoms with Gasteiger partial charge in [-0.2, -0.15) is 0 Å². The second-order valence-electron chi connectivity index (χ2n) is 9.09. The van der Waals surface area contributed by atoms with Gasteiger partial charge in [-0.25, -0.2) is 9.37 Å². The standard InChI is InChI=1S/C27H23ClFN5O3/c28-16-11-15-12-23(27(36)34-9-7-30-8-10-34)37-24(15)20(13-16)19-5-6-31-25-21(19)14-22(33-25)26(35)32-18-3-1-17(29)2-4-18/h1-6,11,13-14,23,30H,7-10,12H2,(H,31,33)(H,32,35)/t23-/m1/s1. The SMILES string of the molecule is O=C(Nc1ccc(F)cc1)c1cc2c(-c3cc(Cl)cc4c3O[C@@H](C(=O)N3CCNCC3)C4)ccnc2[nH]1. The van der Waals surface area contributed by atoms with Crippen molar-refractivity contribution in [3.8, 4) is 16.9 Å². The number of nitrogens with one attached hydrogen (secondary N) is 3. The molecule has 2 aliphatic rings. The van der Waals surface area contributed by atoms with Crippen molar-refractivity contribution in [3.63, 3.8) is 0 Å². The van der Waals surface area contributed by atoms with Crippen LogP contribution in [0.5, 0.6) is 5.75 Å². The third-order valence-electron chi connectivity index (χ3n) is 6.67. The molecular weight excluding hydrogens is 497 g/mol. The molecule has 0 saturated carbocycles. The van der Waals surface area contributed by atoms with Crippen LogP contribution in [0.3, 0.4) is 0 Å². The Balaban J connectivity index is 1.32. The molecule has 37 heavy (non-hydrogen) atoms. The third kappa shape index (κ3) is 4.52. The fraction of sp³-hybridized carbons (Fsp3) is 0.222. The monoisotopic (exact) mass is 519 g/mol. The van der Waals surface area contributed by atoms with Gasteiger partial charge in [0, 0.05) is 66.0 Å². The first-order chi connectivity index (χ1) is 18.0. The number of aromatic amines is 1. The molecule has 1 atom stereocenters. The molecule has 4 aromatic rings. The number of amides is 2. The molecular formula is C27H23ClFN5O3. The molecule has 1 fully saturated rings. The minimum Gasteiger partial charge on any atom is -0.479 e. The molecule has 0 radical (unpaired) electrons. The van der Waals surface area contributed by atoms with E-state index in [9.17, 15) is 14.0 Å². The van der Waals surface area contributed by atoms with E-state index in [1.54, 1.807) is 18.3 Å². The van der Waals surface area contributed by atoms with Gasteiger partial charge in [-0.3, -0.25) is 9.59 Å². The Bertz CT molecular complexity index is 1510. The second kappa shape index (κ2) is 9.49. The van der Waals surface area contributed by atoms with Gasteiger partial charge in [0.2, 0.25) is 0 Å². The van der Waals surface area contributed by atoms with E-state index in [1.807, 2.05) is 17.0 Å². The number of benzene rings is 2. The van der Waals surface area contributed by atoms with Crippen LogP contribution in [0.25, 0.3) is 22.2 Å². The highest BCUT2D eigenvalue weighted by molar-refractivity contribution is 6.31. The smallest absolute Gasteiger partial charge is 0.272 e. The molecule has 2 aromatic carbocycles. The highest BCUT2D eigenvalue weighted by atomic mass is 35.5. The van der Waals surface area contributed by atoms with E-state index in [-0.39, 0.29) is 17.6 Å². The van der Waals surface area contributed by atoms with Crippen molar-refractivity contribution in [2.24, 2.45) is 0 Å². The van der Waals surface area contributed by atoms with E-state index in [0.717, 1.165) is 29.8 Å². The Hall–Kier alpha value is -3.95. The zero-order chi connectivity index (χ0) is 25.5. The van der Waals surface area contributed by atoms with Crippen LogP contribution < -0.4 is 15.4 Å². The summed E-state index contributed by atoms with van der Waals surface area (Å²) in [6.45, 7) is 2.84. The Morgan fingerprint density at radius 2 is 1.86 bits per heavy atom. The van der Waals surface area contributed by atoms with Gasteiger partial charge in [0.15, 0.2) is 6.10 Å². The summed E-state index contributed by atoms with van der Waals surface area (Å²) in [7, 11) is 0. The van der Waals surface area contributed by atoms with Crippen LogP contribution >= 0.6 is 11.6 Å². The van der Waals surface area contributed by atoms with E-state index >= 15 is 0 Å². The summed E-state index contributed by atoms with van der Waals surface area (Å²) in [6, 6.07) is 12.7.